The van der Waals surface area contributed by atoms with Gasteiger partial charge in [-0.15, -0.1) is 5.10 Å². The highest BCUT2D eigenvalue weighted by atomic mass is 35.5. The number of rotatable bonds is 2. The van der Waals surface area contributed by atoms with Crippen LogP contribution in [0.4, 0.5) is 4.79 Å². The Labute approximate surface area is 169 Å². The lowest BCUT2D eigenvalue weighted by atomic mass is 10.2. The Balaban J connectivity index is 1.66. The lowest BCUT2D eigenvalue weighted by Gasteiger charge is -2.35. The van der Waals surface area contributed by atoms with Crippen LogP contribution in [0.5, 0.6) is 0 Å². The summed E-state index contributed by atoms with van der Waals surface area (Å²) in [5.74, 6) is -0.193. The van der Waals surface area contributed by atoms with E-state index in [-0.39, 0.29) is 12.0 Å². The molecule has 3 rings (SSSR count). The van der Waals surface area contributed by atoms with Crippen LogP contribution in [0.1, 0.15) is 37.0 Å². The first-order chi connectivity index (χ1) is 13.2. The van der Waals surface area contributed by atoms with Crippen molar-refractivity contribution in [1.82, 2.24) is 24.8 Å². The highest BCUT2D eigenvalue weighted by Gasteiger charge is 2.30. The third kappa shape index (κ3) is 4.44. The number of carbonyl (C=O) groups is 2. The quantitative estimate of drug-likeness (QED) is 0.767. The van der Waals surface area contributed by atoms with Crippen molar-refractivity contribution in [2.24, 2.45) is 0 Å². The summed E-state index contributed by atoms with van der Waals surface area (Å²) >= 11 is 5.92. The molecule has 0 bridgehead atoms. The molecule has 1 saturated heterocycles. The van der Waals surface area contributed by atoms with Crippen molar-refractivity contribution in [3.05, 3.63) is 40.7 Å². The van der Waals surface area contributed by atoms with Gasteiger partial charge in [0.1, 0.15) is 5.60 Å². The van der Waals surface area contributed by atoms with Crippen LogP contribution in [0.15, 0.2) is 24.3 Å². The average molecular weight is 406 g/mol. The van der Waals surface area contributed by atoms with Gasteiger partial charge >= 0.3 is 6.09 Å². The van der Waals surface area contributed by atoms with Crippen LogP contribution >= 0.6 is 11.6 Å². The molecule has 0 atom stereocenters. The molecule has 9 heteroatoms. The van der Waals surface area contributed by atoms with Gasteiger partial charge in [-0.1, -0.05) is 16.8 Å². The highest BCUT2D eigenvalue weighted by molar-refractivity contribution is 6.30. The minimum absolute atomic E-state index is 0.193. The van der Waals surface area contributed by atoms with E-state index in [2.05, 4.69) is 10.3 Å². The monoisotopic (exact) mass is 405 g/mol. The third-order valence-corrected chi connectivity index (χ3v) is 4.64. The lowest BCUT2D eigenvalue weighted by molar-refractivity contribution is 0.0140. The molecule has 1 fully saturated rings. The first kappa shape index (κ1) is 20.1. The number of ether oxygens (including phenoxy) is 1. The molecule has 0 N–H and O–H groups in total. The van der Waals surface area contributed by atoms with E-state index in [0.717, 1.165) is 5.69 Å². The molecule has 28 heavy (non-hydrogen) atoms. The van der Waals surface area contributed by atoms with Gasteiger partial charge in [-0.3, -0.25) is 4.79 Å². The molecule has 2 aromatic rings. The summed E-state index contributed by atoms with van der Waals surface area (Å²) in [7, 11) is 0. The number of amides is 2. The molecule has 1 aliphatic rings. The lowest BCUT2D eigenvalue weighted by Crippen LogP contribution is -2.51. The minimum Gasteiger partial charge on any atom is -0.444 e. The van der Waals surface area contributed by atoms with Crippen LogP contribution in [-0.2, 0) is 4.74 Å². The normalized spacial score (nSPS) is 14.9. The van der Waals surface area contributed by atoms with Gasteiger partial charge in [0.2, 0.25) is 0 Å². The second-order valence-electron chi connectivity index (χ2n) is 7.67. The van der Waals surface area contributed by atoms with Crippen LogP contribution < -0.4 is 0 Å². The molecule has 8 nitrogen and oxygen atoms in total. The maximum atomic E-state index is 12.9. The Hall–Kier alpha value is -2.61. The summed E-state index contributed by atoms with van der Waals surface area (Å²) in [6.07, 6.45) is -0.357. The SMILES string of the molecule is Cc1c(C(=O)N2CCN(C(=O)OC(C)(C)C)CC2)nnn1-c1ccc(Cl)cc1. The van der Waals surface area contributed by atoms with Crippen LogP contribution in [-0.4, -0.2) is 68.6 Å². The molecule has 150 valence electrons. The molecular weight excluding hydrogens is 382 g/mol. The van der Waals surface area contributed by atoms with Crippen molar-refractivity contribution >= 4 is 23.6 Å². The first-order valence-corrected chi connectivity index (χ1v) is 9.49. The van der Waals surface area contributed by atoms with Crippen molar-refractivity contribution < 1.29 is 14.3 Å². The Morgan fingerprint density at radius 3 is 2.18 bits per heavy atom. The van der Waals surface area contributed by atoms with Gasteiger partial charge in [0.25, 0.3) is 5.91 Å². The summed E-state index contributed by atoms with van der Waals surface area (Å²) in [5.41, 5.74) is 1.20. The van der Waals surface area contributed by atoms with E-state index in [1.54, 1.807) is 33.5 Å². The van der Waals surface area contributed by atoms with Crippen molar-refractivity contribution in [3.63, 3.8) is 0 Å². The van der Waals surface area contributed by atoms with Gasteiger partial charge < -0.3 is 14.5 Å². The van der Waals surface area contributed by atoms with E-state index in [4.69, 9.17) is 16.3 Å². The Morgan fingerprint density at radius 2 is 1.61 bits per heavy atom. The third-order valence-electron chi connectivity index (χ3n) is 4.39. The molecule has 1 aliphatic heterocycles. The van der Waals surface area contributed by atoms with E-state index < -0.39 is 5.60 Å². The number of piperazine rings is 1. The molecule has 2 heterocycles. The number of hydrogen-bond acceptors (Lipinski definition) is 5. The fourth-order valence-electron chi connectivity index (χ4n) is 2.92. The minimum atomic E-state index is -0.540. The van der Waals surface area contributed by atoms with Crippen LogP contribution in [0.3, 0.4) is 0 Å². The second kappa shape index (κ2) is 7.79. The largest absolute Gasteiger partial charge is 0.444 e. The first-order valence-electron chi connectivity index (χ1n) is 9.11. The number of aromatic nitrogens is 3. The summed E-state index contributed by atoms with van der Waals surface area (Å²) in [5, 5.41) is 8.81. The van der Waals surface area contributed by atoms with E-state index in [0.29, 0.717) is 42.6 Å². The highest BCUT2D eigenvalue weighted by Crippen LogP contribution is 2.18. The Morgan fingerprint density at radius 1 is 1.04 bits per heavy atom. The predicted molar refractivity (Wildman–Crippen MR) is 105 cm³/mol. The molecule has 1 aromatic carbocycles. The van der Waals surface area contributed by atoms with Crippen LogP contribution in [0.2, 0.25) is 5.02 Å². The molecule has 0 spiro atoms. The fraction of sp³-hybridized carbons (Fsp3) is 0.474. The maximum Gasteiger partial charge on any atom is 0.410 e. The maximum absolute atomic E-state index is 12.9. The molecule has 0 saturated carbocycles. The summed E-state index contributed by atoms with van der Waals surface area (Å²) in [6.45, 7) is 8.98. The molecule has 0 aliphatic carbocycles. The molecular formula is C19H24ClN5O3. The van der Waals surface area contributed by atoms with Gasteiger partial charge in [-0.05, 0) is 52.0 Å². The summed E-state index contributed by atoms with van der Waals surface area (Å²) in [6, 6.07) is 7.15. The number of nitrogens with zero attached hydrogens (tertiary/aromatic N) is 5. The van der Waals surface area contributed by atoms with Gasteiger partial charge in [0.05, 0.1) is 11.4 Å². The zero-order chi connectivity index (χ0) is 20.5. The van der Waals surface area contributed by atoms with Crippen LogP contribution in [0, 0.1) is 6.92 Å². The van der Waals surface area contributed by atoms with E-state index in [9.17, 15) is 9.59 Å². The van der Waals surface area contributed by atoms with Gasteiger partial charge in [0, 0.05) is 31.2 Å². The zero-order valence-corrected chi connectivity index (χ0v) is 17.2. The van der Waals surface area contributed by atoms with Gasteiger partial charge in [0.15, 0.2) is 5.69 Å². The van der Waals surface area contributed by atoms with E-state index >= 15 is 0 Å². The predicted octanol–water partition coefficient (Wildman–Crippen LogP) is 2.92. The van der Waals surface area contributed by atoms with Crippen LogP contribution in [0.25, 0.3) is 5.69 Å². The van der Waals surface area contributed by atoms with Crippen molar-refractivity contribution in [2.45, 2.75) is 33.3 Å². The molecule has 0 unspecified atom stereocenters. The molecule has 0 radical (unpaired) electrons. The van der Waals surface area contributed by atoms with E-state index in [1.165, 1.54) is 0 Å². The number of hydrogen-bond donors (Lipinski definition) is 0. The smallest absolute Gasteiger partial charge is 0.410 e. The summed E-state index contributed by atoms with van der Waals surface area (Å²) in [4.78, 5) is 28.3. The number of benzene rings is 1. The van der Waals surface area contributed by atoms with Crippen molar-refractivity contribution in [2.75, 3.05) is 26.2 Å². The number of carbonyl (C=O) groups excluding carboxylic acids is 2. The van der Waals surface area contributed by atoms with E-state index in [1.807, 2.05) is 32.9 Å². The molecule has 1 aromatic heterocycles. The Kier molecular flexibility index (Phi) is 5.60. The zero-order valence-electron chi connectivity index (χ0n) is 16.5. The van der Waals surface area contributed by atoms with Gasteiger partial charge in [-0.2, -0.15) is 0 Å². The molecule has 2 amide bonds. The fourth-order valence-corrected chi connectivity index (χ4v) is 3.05. The van der Waals surface area contributed by atoms with Crippen molar-refractivity contribution in [1.29, 1.82) is 0 Å². The van der Waals surface area contributed by atoms with Gasteiger partial charge in [-0.25, -0.2) is 9.48 Å². The topological polar surface area (TPSA) is 80.6 Å². The Bertz CT molecular complexity index is 865. The number of halogens is 1. The average Bonchev–Trinajstić information content (AvgIpc) is 3.02. The van der Waals surface area contributed by atoms with Crippen molar-refractivity contribution in [3.8, 4) is 5.69 Å². The second-order valence-corrected chi connectivity index (χ2v) is 8.11. The standard InChI is InChI=1S/C19H24ClN5O3/c1-13-16(21-22-25(13)15-7-5-14(20)6-8-15)17(26)23-9-11-24(12-10-23)18(27)28-19(2,3)4/h5-8H,9-12H2,1-4H3. The summed E-state index contributed by atoms with van der Waals surface area (Å²) < 4.78 is 7.00.